The third kappa shape index (κ3) is 1.93. The Labute approximate surface area is 108 Å². The van der Waals surface area contributed by atoms with E-state index in [-0.39, 0.29) is 5.69 Å². The molecule has 19 heavy (non-hydrogen) atoms. The number of aryl methyl sites for hydroxylation is 1. The first-order valence-corrected chi connectivity index (χ1v) is 5.63. The Morgan fingerprint density at radius 1 is 1.16 bits per heavy atom. The molecule has 0 aliphatic heterocycles. The summed E-state index contributed by atoms with van der Waals surface area (Å²) in [5.74, 6) is -1.03. The number of rotatable bonds is 2. The molecule has 3 aromatic rings. The van der Waals surface area contributed by atoms with Gasteiger partial charge in [0, 0.05) is 23.4 Å². The molecule has 0 atom stereocenters. The molecule has 0 saturated heterocycles. The van der Waals surface area contributed by atoms with Crippen molar-refractivity contribution in [1.82, 2.24) is 20.0 Å². The summed E-state index contributed by atoms with van der Waals surface area (Å²) in [6.45, 7) is 0. The lowest BCUT2D eigenvalue weighted by Crippen LogP contribution is -1.99. The van der Waals surface area contributed by atoms with Crippen molar-refractivity contribution < 1.29 is 9.90 Å². The van der Waals surface area contributed by atoms with E-state index in [4.69, 9.17) is 5.11 Å². The van der Waals surface area contributed by atoms with E-state index in [2.05, 4.69) is 15.3 Å². The van der Waals surface area contributed by atoms with Gasteiger partial charge in [0.15, 0.2) is 5.69 Å². The van der Waals surface area contributed by atoms with Crippen molar-refractivity contribution in [3.05, 3.63) is 42.4 Å². The highest BCUT2D eigenvalue weighted by Crippen LogP contribution is 2.24. The van der Waals surface area contributed by atoms with Gasteiger partial charge in [0.25, 0.3) is 0 Å². The summed E-state index contributed by atoms with van der Waals surface area (Å²) in [6.07, 6.45) is 3.36. The van der Waals surface area contributed by atoms with E-state index in [1.807, 2.05) is 18.2 Å². The standard InChI is InChI=1S/C13H10N4O2/c1-17-12(5-11(16-17)13(18)19)8-2-3-9-6-14-15-7-10(9)4-8/h2-7H,1H3,(H,18,19). The topological polar surface area (TPSA) is 80.9 Å². The molecular formula is C13H10N4O2. The maximum atomic E-state index is 10.9. The number of hydrogen-bond acceptors (Lipinski definition) is 4. The zero-order valence-corrected chi connectivity index (χ0v) is 10.1. The minimum atomic E-state index is -1.03. The smallest absolute Gasteiger partial charge is 0.356 e. The molecule has 0 aliphatic carbocycles. The average Bonchev–Trinajstić information content (AvgIpc) is 2.80. The quantitative estimate of drug-likeness (QED) is 0.753. The van der Waals surface area contributed by atoms with Crippen LogP contribution in [0.5, 0.6) is 0 Å². The van der Waals surface area contributed by atoms with Crippen molar-refractivity contribution >= 4 is 16.7 Å². The number of carbonyl (C=O) groups is 1. The van der Waals surface area contributed by atoms with Gasteiger partial charge < -0.3 is 5.11 Å². The van der Waals surface area contributed by atoms with Gasteiger partial charge in [-0.2, -0.15) is 15.3 Å². The van der Waals surface area contributed by atoms with Crippen molar-refractivity contribution in [3.63, 3.8) is 0 Å². The van der Waals surface area contributed by atoms with Crippen LogP contribution < -0.4 is 0 Å². The SMILES string of the molecule is Cn1nc(C(=O)O)cc1-c1ccc2cnncc2c1. The molecule has 3 rings (SSSR count). The number of benzene rings is 1. The van der Waals surface area contributed by atoms with E-state index >= 15 is 0 Å². The fourth-order valence-corrected chi connectivity index (χ4v) is 2.00. The molecule has 6 nitrogen and oxygen atoms in total. The van der Waals surface area contributed by atoms with Crippen molar-refractivity contribution in [2.45, 2.75) is 0 Å². The maximum Gasteiger partial charge on any atom is 0.356 e. The molecular weight excluding hydrogens is 244 g/mol. The van der Waals surface area contributed by atoms with Gasteiger partial charge in [-0.1, -0.05) is 12.1 Å². The normalized spacial score (nSPS) is 10.8. The number of aromatic carboxylic acids is 1. The fraction of sp³-hybridized carbons (Fsp3) is 0.0769. The molecule has 1 aromatic carbocycles. The summed E-state index contributed by atoms with van der Waals surface area (Å²) in [7, 11) is 1.72. The van der Waals surface area contributed by atoms with Crippen LogP contribution in [-0.2, 0) is 7.05 Å². The predicted octanol–water partition coefficient (Wildman–Crippen LogP) is 1.73. The van der Waals surface area contributed by atoms with Gasteiger partial charge in [-0.3, -0.25) is 4.68 Å². The molecule has 0 bridgehead atoms. The summed E-state index contributed by atoms with van der Waals surface area (Å²) in [6, 6.07) is 7.32. The Kier molecular flexibility index (Phi) is 2.49. The molecule has 0 amide bonds. The third-order valence-electron chi connectivity index (χ3n) is 2.94. The van der Waals surface area contributed by atoms with Crippen molar-refractivity contribution in [1.29, 1.82) is 0 Å². The van der Waals surface area contributed by atoms with Gasteiger partial charge in [0.1, 0.15) is 0 Å². The molecule has 94 valence electrons. The molecule has 2 aromatic heterocycles. The number of fused-ring (bicyclic) bond motifs is 1. The molecule has 0 saturated carbocycles. The Balaban J connectivity index is 2.16. The minimum absolute atomic E-state index is 0.0328. The van der Waals surface area contributed by atoms with E-state index < -0.39 is 5.97 Å². The average molecular weight is 254 g/mol. The van der Waals surface area contributed by atoms with Gasteiger partial charge in [0.2, 0.25) is 0 Å². The van der Waals surface area contributed by atoms with Crippen molar-refractivity contribution in [3.8, 4) is 11.3 Å². The van der Waals surface area contributed by atoms with Crippen molar-refractivity contribution in [2.75, 3.05) is 0 Å². The molecule has 0 radical (unpaired) electrons. The van der Waals surface area contributed by atoms with E-state index in [9.17, 15) is 4.79 Å². The van der Waals surface area contributed by atoms with Crippen LogP contribution in [0.2, 0.25) is 0 Å². The van der Waals surface area contributed by atoms with Crippen LogP contribution in [-0.4, -0.2) is 31.1 Å². The van der Waals surface area contributed by atoms with E-state index in [0.29, 0.717) is 0 Å². The van der Waals surface area contributed by atoms with E-state index in [1.54, 1.807) is 30.2 Å². The van der Waals surface area contributed by atoms with E-state index in [0.717, 1.165) is 22.0 Å². The molecule has 1 N–H and O–H groups in total. The predicted molar refractivity (Wildman–Crippen MR) is 68.7 cm³/mol. The second kappa shape index (κ2) is 4.16. The van der Waals surface area contributed by atoms with Gasteiger partial charge in [-0.25, -0.2) is 4.79 Å². The highest BCUT2D eigenvalue weighted by atomic mass is 16.4. The second-order valence-electron chi connectivity index (χ2n) is 4.18. The molecule has 0 fully saturated rings. The lowest BCUT2D eigenvalue weighted by atomic mass is 10.1. The Morgan fingerprint density at radius 2 is 1.89 bits per heavy atom. The first-order valence-electron chi connectivity index (χ1n) is 5.63. The highest BCUT2D eigenvalue weighted by molar-refractivity contribution is 5.89. The van der Waals surface area contributed by atoms with Gasteiger partial charge in [-0.15, -0.1) is 0 Å². The number of carboxylic acids is 1. The zero-order chi connectivity index (χ0) is 13.4. The molecule has 0 unspecified atom stereocenters. The summed E-state index contributed by atoms with van der Waals surface area (Å²) in [5.41, 5.74) is 1.67. The monoisotopic (exact) mass is 254 g/mol. The number of nitrogens with zero attached hydrogens (tertiary/aromatic N) is 4. The zero-order valence-electron chi connectivity index (χ0n) is 10.1. The van der Waals surface area contributed by atoms with Gasteiger partial charge >= 0.3 is 5.97 Å². The summed E-state index contributed by atoms with van der Waals surface area (Å²) < 4.78 is 1.55. The highest BCUT2D eigenvalue weighted by Gasteiger charge is 2.12. The van der Waals surface area contributed by atoms with Crippen LogP contribution in [0.25, 0.3) is 22.0 Å². The fourth-order valence-electron chi connectivity index (χ4n) is 2.00. The maximum absolute atomic E-state index is 10.9. The van der Waals surface area contributed by atoms with E-state index in [1.165, 1.54) is 0 Å². The number of aromatic nitrogens is 4. The molecule has 2 heterocycles. The molecule has 0 spiro atoms. The lowest BCUT2D eigenvalue weighted by Gasteiger charge is -2.03. The Hall–Kier alpha value is -2.76. The van der Waals surface area contributed by atoms with Gasteiger partial charge in [0.05, 0.1) is 18.1 Å². The van der Waals surface area contributed by atoms with Crippen molar-refractivity contribution in [2.24, 2.45) is 7.05 Å². The van der Waals surface area contributed by atoms with Crippen LogP contribution in [0, 0.1) is 0 Å². The number of hydrogen-bond donors (Lipinski definition) is 1. The molecule has 6 heteroatoms. The number of carboxylic acid groups (broad SMARTS) is 1. The lowest BCUT2D eigenvalue weighted by molar-refractivity contribution is 0.0689. The van der Waals surface area contributed by atoms with Crippen LogP contribution in [0.3, 0.4) is 0 Å². The third-order valence-corrected chi connectivity index (χ3v) is 2.94. The molecule has 0 aliphatic rings. The summed E-state index contributed by atoms with van der Waals surface area (Å²) >= 11 is 0. The van der Waals surface area contributed by atoms with Gasteiger partial charge in [-0.05, 0) is 12.1 Å². The summed E-state index contributed by atoms with van der Waals surface area (Å²) in [5, 5.41) is 22.5. The second-order valence-corrected chi connectivity index (χ2v) is 4.18. The van der Waals surface area contributed by atoms with Crippen LogP contribution in [0.4, 0.5) is 0 Å². The van der Waals surface area contributed by atoms with Crippen LogP contribution >= 0.6 is 0 Å². The Morgan fingerprint density at radius 3 is 2.58 bits per heavy atom. The summed E-state index contributed by atoms with van der Waals surface area (Å²) in [4.78, 5) is 10.9. The van der Waals surface area contributed by atoms with Crippen LogP contribution in [0.1, 0.15) is 10.5 Å². The first-order chi connectivity index (χ1) is 9.15. The minimum Gasteiger partial charge on any atom is -0.476 e. The first kappa shape index (κ1) is 11.3. The Bertz CT molecular complexity index is 779. The largest absolute Gasteiger partial charge is 0.476 e. The van der Waals surface area contributed by atoms with Crippen LogP contribution in [0.15, 0.2) is 36.7 Å².